The summed E-state index contributed by atoms with van der Waals surface area (Å²) >= 11 is 12.1. The van der Waals surface area contributed by atoms with Gasteiger partial charge in [0.15, 0.2) is 0 Å². The second-order valence-corrected chi connectivity index (χ2v) is 8.25. The van der Waals surface area contributed by atoms with Crippen molar-refractivity contribution in [3.63, 3.8) is 0 Å². The normalized spacial score (nSPS) is 27.8. The first-order valence-electron chi connectivity index (χ1n) is 7.80. The van der Waals surface area contributed by atoms with Crippen LogP contribution in [0.5, 0.6) is 0 Å². The van der Waals surface area contributed by atoms with Crippen LogP contribution in [-0.2, 0) is 17.8 Å². The largest absolute Gasteiger partial charge is 0.354 e. The van der Waals surface area contributed by atoms with E-state index in [-0.39, 0.29) is 5.91 Å². The van der Waals surface area contributed by atoms with Crippen molar-refractivity contribution < 1.29 is 4.79 Å². The van der Waals surface area contributed by atoms with E-state index in [9.17, 15) is 4.79 Å². The van der Waals surface area contributed by atoms with E-state index in [0.717, 1.165) is 19.5 Å². The molecular weight excluding hydrogens is 319 g/mol. The molecule has 2 unspecified atom stereocenters. The molecule has 2 aliphatic rings. The summed E-state index contributed by atoms with van der Waals surface area (Å²) in [4.78, 5) is 14.6. The molecule has 2 atom stereocenters. The van der Waals surface area contributed by atoms with Crippen molar-refractivity contribution in [2.45, 2.75) is 43.6 Å². The minimum Gasteiger partial charge on any atom is -0.354 e. The van der Waals surface area contributed by atoms with Crippen molar-refractivity contribution in [1.29, 1.82) is 0 Å². The van der Waals surface area contributed by atoms with Gasteiger partial charge in [-0.15, -0.1) is 23.2 Å². The van der Waals surface area contributed by atoms with E-state index in [4.69, 9.17) is 23.2 Å². The number of rotatable bonds is 4. The molecule has 0 aromatic heterocycles. The number of carbonyl (C=O) groups is 1. The molecule has 120 valence electrons. The molecule has 1 N–H and O–H groups in total. The molecule has 1 aromatic rings. The third-order valence-electron chi connectivity index (χ3n) is 5.10. The zero-order valence-electron chi connectivity index (χ0n) is 13.0. The molecule has 1 aliphatic carbocycles. The summed E-state index contributed by atoms with van der Waals surface area (Å²) in [6.45, 7) is 6.57. The maximum atomic E-state index is 12.2. The average molecular weight is 341 g/mol. The maximum Gasteiger partial charge on any atom is 0.229 e. The van der Waals surface area contributed by atoms with E-state index in [1.54, 1.807) is 0 Å². The molecule has 3 nitrogen and oxygen atoms in total. The number of hydrogen-bond acceptors (Lipinski definition) is 2. The fourth-order valence-corrected chi connectivity index (χ4v) is 3.81. The van der Waals surface area contributed by atoms with Crippen LogP contribution in [0.4, 0.5) is 0 Å². The molecule has 22 heavy (non-hydrogen) atoms. The van der Waals surface area contributed by atoms with E-state index in [1.165, 1.54) is 11.1 Å². The number of fused-ring (bicyclic) bond motifs is 1. The molecule has 1 saturated carbocycles. The summed E-state index contributed by atoms with van der Waals surface area (Å²) in [6, 6.07) is 8.86. The highest BCUT2D eigenvalue weighted by molar-refractivity contribution is 6.53. The predicted molar refractivity (Wildman–Crippen MR) is 90.2 cm³/mol. The van der Waals surface area contributed by atoms with Gasteiger partial charge in [0, 0.05) is 25.7 Å². The first-order chi connectivity index (χ1) is 10.3. The summed E-state index contributed by atoms with van der Waals surface area (Å²) < 4.78 is -0.898. The van der Waals surface area contributed by atoms with E-state index in [0.29, 0.717) is 19.0 Å². The van der Waals surface area contributed by atoms with E-state index >= 15 is 0 Å². The number of nitrogens with one attached hydrogen (secondary N) is 1. The molecule has 1 amide bonds. The smallest absolute Gasteiger partial charge is 0.229 e. The minimum atomic E-state index is -0.898. The van der Waals surface area contributed by atoms with Crippen LogP contribution in [0.25, 0.3) is 0 Å². The lowest BCUT2D eigenvalue weighted by atomic mass is 9.99. The van der Waals surface area contributed by atoms with Crippen molar-refractivity contribution in [2.24, 2.45) is 5.41 Å². The standard InChI is InChI=1S/C17H22Cl2N2O/c1-12(9-20-15(22)16(2)11-17(16,18)19)21-8-7-13-5-3-4-6-14(13)10-21/h3-6,12H,7-11H2,1-2H3,(H,20,22). The lowest BCUT2D eigenvalue weighted by Gasteiger charge is -2.34. The Morgan fingerprint density at radius 1 is 1.36 bits per heavy atom. The van der Waals surface area contributed by atoms with Gasteiger partial charge < -0.3 is 5.32 Å². The zero-order chi connectivity index (χ0) is 16.0. The van der Waals surface area contributed by atoms with Crippen LogP contribution in [0.15, 0.2) is 24.3 Å². The number of halogens is 2. The van der Waals surface area contributed by atoms with Gasteiger partial charge in [0.1, 0.15) is 4.33 Å². The van der Waals surface area contributed by atoms with Crippen molar-refractivity contribution >= 4 is 29.1 Å². The van der Waals surface area contributed by atoms with Crippen LogP contribution >= 0.6 is 23.2 Å². The van der Waals surface area contributed by atoms with Crippen molar-refractivity contribution in [2.75, 3.05) is 13.1 Å². The number of hydrogen-bond donors (Lipinski definition) is 1. The fraction of sp³-hybridized carbons (Fsp3) is 0.588. The summed E-state index contributed by atoms with van der Waals surface area (Å²) in [5, 5.41) is 3.01. The number of alkyl halides is 2. The number of nitrogens with zero attached hydrogens (tertiary/aromatic N) is 1. The van der Waals surface area contributed by atoms with E-state index < -0.39 is 9.75 Å². The Bertz CT molecular complexity index is 590. The molecule has 0 saturated heterocycles. The monoisotopic (exact) mass is 340 g/mol. The highest BCUT2D eigenvalue weighted by atomic mass is 35.5. The van der Waals surface area contributed by atoms with E-state index in [2.05, 4.69) is 41.4 Å². The lowest BCUT2D eigenvalue weighted by Crippen LogP contribution is -2.46. The van der Waals surface area contributed by atoms with Crippen LogP contribution in [0.1, 0.15) is 31.4 Å². The molecule has 1 heterocycles. The minimum absolute atomic E-state index is 0.0400. The summed E-state index contributed by atoms with van der Waals surface area (Å²) in [6.07, 6.45) is 1.60. The summed E-state index contributed by atoms with van der Waals surface area (Å²) in [7, 11) is 0. The maximum absolute atomic E-state index is 12.2. The van der Waals surface area contributed by atoms with Gasteiger partial charge in [-0.25, -0.2) is 0 Å². The Morgan fingerprint density at radius 3 is 2.64 bits per heavy atom. The van der Waals surface area contributed by atoms with Gasteiger partial charge in [-0.05, 0) is 37.8 Å². The van der Waals surface area contributed by atoms with Gasteiger partial charge >= 0.3 is 0 Å². The Morgan fingerprint density at radius 2 is 2.00 bits per heavy atom. The van der Waals surface area contributed by atoms with Crippen LogP contribution in [-0.4, -0.2) is 34.3 Å². The van der Waals surface area contributed by atoms with Crippen molar-refractivity contribution in [3.8, 4) is 0 Å². The second-order valence-electron chi connectivity index (χ2n) is 6.76. The first-order valence-corrected chi connectivity index (χ1v) is 8.56. The second kappa shape index (κ2) is 5.70. The molecule has 0 radical (unpaired) electrons. The molecule has 0 spiro atoms. The van der Waals surface area contributed by atoms with Gasteiger partial charge in [-0.3, -0.25) is 9.69 Å². The fourth-order valence-electron chi connectivity index (χ4n) is 3.10. The van der Waals surface area contributed by atoms with Crippen molar-refractivity contribution in [1.82, 2.24) is 10.2 Å². The molecule has 1 aliphatic heterocycles. The SMILES string of the molecule is CC(CNC(=O)C1(C)CC1(Cl)Cl)N1CCc2ccccc2C1. The van der Waals surface area contributed by atoms with E-state index in [1.807, 2.05) is 6.92 Å². The van der Waals surface area contributed by atoms with Crippen LogP contribution < -0.4 is 5.32 Å². The predicted octanol–water partition coefficient (Wildman–Crippen LogP) is 3.13. The van der Waals surface area contributed by atoms with Crippen LogP contribution in [0.2, 0.25) is 0 Å². The Balaban J connectivity index is 1.53. The Hall–Kier alpha value is -0.770. The quantitative estimate of drug-likeness (QED) is 0.854. The number of amides is 1. The molecule has 1 fully saturated rings. The molecule has 3 rings (SSSR count). The molecule has 0 bridgehead atoms. The molecule has 1 aromatic carbocycles. The highest BCUT2D eigenvalue weighted by Crippen LogP contribution is 2.63. The first kappa shape index (κ1) is 16.1. The number of carbonyl (C=O) groups excluding carboxylic acids is 1. The highest BCUT2D eigenvalue weighted by Gasteiger charge is 2.67. The average Bonchev–Trinajstić information content (AvgIpc) is 3.03. The van der Waals surface area contributed by atoms with Crippen LogP contribution in [0, 0.1) is 5.41 Å². The van der Waals surface area contributed by atoms with Gasteiger partial charge in [0.25, 0.3) is 0 Å². The molecular formula is C17H22Cl2N2O. The summed E-state index contributed by atoms with van der Waals surface area (Å²) in [5.74, 6) is -0.0400. The Labute approximate surface area is 142 Å². The summed E-state index contributed by atoms with van der Waals surface area (Å²) in [5.41, 5.74) is 2.20. The van der Waals surface area contributed by atoms with Crippen LogP contribution in [0.3, 0.4) is 0 Å². The third-order valence-corrected chi connectivity index (χ3v) is 6.20. The topological polar surface area (TPSA) is 32.3 Å². The van der Waals surface area contributed by atoms with Gasteiger partial charge in [0.2, 0.25) is 5.91 Å². The lowest BCUT2D eigenvalue weighted by molar-refractivity contribution is -0.126. The third kappa shape index (κ3) is 2.86. The Kier molecular flexibility index (Phi) is 4.17. The van der Waals surface area contributed by atoms with Gasteiger partial charge in [0.05, 0.1) is 5.41 Å². The zero-order valence-corrected chi connectivity index (χ0v) is 14.5. The van der Waals surface area contributed by atoms with Gasteiger partial charge in [-0.2, -0.15) is 0 Å². The number of benzene rings is 1. The van der Waals surface area contributed by atoms with Crippen molar-refractivity contribution in [3.05, 3.63) is 35.4 Å². The molecule has 5 heteroatoms. The van der Waals surface area contributed by atoms with Gasteiger partial charge in [-0.1, -0.05) is 24.3 Å².